The topological polar surface area (TPSA) is 96.3 Å². The molecule has 1 aliphatic rings. The molecular formula is C21H20ClN5O3. The van der Waals surface area contributed by atoms with E-state index in [4.69, 9.17) is 11.6 Å². The van der Waals surface area contributed by atoms with Gasteiger partial charge in [0.2, 0.25) is 11.8 Å². The highest BCUT2D eigenvalue weighted by Gasteiger charge is 2.19. The number of carbonyl (C=O) groups excluding carboxylic acids is 2. The number of carbonyl (C=O) groups is 2. The van der Waals surface area contributed by atoms with Gasteiger partial charge in [0.05, 0.1) is 34.5 Å². The van der Waals surface area contributed by atoms with Crippen molar-refractivity contribution in [3.63, 3.8) is 0 Å². The average molecular weight is 426 g/mol. The molecule has 0 atom stereocenters. The van der Waals surface area contributed by atoms with Crippen LogP contribution in [-0.4, -0.2) is 41.0 Å². The summed E-state index contributed by atoms with van der Waals surface area (Å²) < 4.78 is 1.28. The highest BCUT2D eigenvalue weighted by atomic mass is 35.5. The molecule has 0 radical (unpaired) electrons. The van der Waals surface area contributed by atoms with E-state index in [1.807, 2.05) is 17.9 Å². The van der Waals surface area contributed by atoms with Crippen molar-refractivity contribution in [2.24, 2.45) is 0 Å². The standard InChI is InChI=1S/C21H20ClN5O3/c1-13-3-2-4-15-20(13)24-12-27(21(15)30)11-19(29)25-14-5-6-17(16(22)9-14)26-8-7-23-18(28)10-26/h2-6,9,12H,7-8,10-11H2,1H3,(H,23,28)(H,25,29). The molecule has 0 bridgehead atoms. The van der Waals surface area contributed by atoms with Gasteiger partial charge in [-0.2, -0.15) is 0 Å². The summed E-state index contributed by atoms with van der Waals surface area (Å²) in [7, 11) is 0. The molecule has 1 aliphatic heterocycles. The van der Waals surface area contributed by atoms with Crippen molar-refractivity contribution in [3.8, 4) is 0 Å². The van der Waals surface area contributed by atoms with Crippen LogP contribution in [0.1, 0.15) is 5.56 Å². The quantitative estimate of drug-likeness (QED) is 0.665. The number of nitrogens with one attached hydrogen (secondary N) is 2. The molecular weight excluding hydrogens is 406 g/mol. The largest absolute Gasteiger partial charge is 0.359 e. The van der Waals surface area contributed by atoms with Crippen LogP contribution in [0.4, 0.5) is 11.4 Å². The van der Waals surface area contributed by atoms with Crippen LogP contribution in [-0.2, 0) is 16.1 Å². The lowest BCUT2D eigenvalue weighted by Crippen LogP contribution is -2.47. The van der Waals surface area contributed by atoms with Gasteiger partial charge in [0.15, 0.2) is 0 Å². The molecule has 1 saturated heterocycles. The van der Waals surface area contributed by atoms with Gasteiger partial charge in [-0.1, -0.05) is 23.7 Å². The van der Waals surface area contributed by atoms with Crippen LogP contribution in [0.3, 0.4) is 0 Å². The fourth-order valence-corrected chi connectivity index (χ4v) is 3.79. The molecule has 0 unspecified atom stereocenters. The molecule has 0 spiro atoms. The lowest BCUT2D eigenvalue weighted by Gasteiger charge is -2.29. The molecule has 1 aromatic heterocycles. The number of aromatic nitrogens is 2. The lowest BCUT2D eigenvalue weighted by molar-refractivity contribution is -0.120. The summed E-state index contributed by atoms with van der Waals surface area (Å²) in [5.74, 6) is -0.425. The Hall–Kier alpha value is -3.39. The Labute approximate surface area is 177 Å². The predicted molar refractivity (Wildman–Crippen MR) is 116 cm³/mol. The maximum Gasteiger partial charge on any atom is 0.261 e. The molecule has 0 saturated carbocycles. The van der Waals surface area contributed by atoms with Crippen molar-refractivity contribution in [1.82, 2.24) is 14.9 Å². The lowest BCUT2D eigenvalue weighted by atomic mass is 10.1. The first-order valence-corrected chi connectivity index (χ1v) is 9.86. The predicted octanol–water partition coefficient (Wildman–Crippen LogP) is 1.93. The zero-order chi connectivity index (χ0) is 21.3. The van der Waals surface area contributed by atoms with Crippen LogP contribution in [0, 0.1) is 6.92 Å². The van der Waals surface area contributed by atoms with Gasteiger partial charge < -0.3 is 15.5 Å². The van der Waals surface area contributed by atoms with Crippen LogP contribution in [0.25, 0.3) is 10.9 Å². The second-order valence-electron chi connectivity index (χ2n) is 7.13. The third-order valence-electron chi connectivity index (χ3n) is 4.98. The van der Waals surface area contributed by atoms with Gasteiger partial charge in [-0.05, 0) is 36.8 Å². The number of benzene rings is 2. The van der Waals surface area contributed by atoms with Gasteiger partial charge in [-0.15, -0.1) is 0 Å². The van der Waals surface area contributed by atoms with Crippen molar-refractivity contribution in [2.75, 3.05) is 29.9 Å². The molecule has 8 nitrogen and oxygen atoms in total. The summed E-state index contributed by atoms with van der Waals surface area (Å²) in [5.41, 5.74) is 2.51. The molecule has 4 rings (SSSR count). The van der Waals surface area contributed by atoms with E-state index in [9.17, 15) is 14.4 Å². The monoisotopic (exact) mass is 425 g/mol. The van der Waals surface area contributed by atoms with E-state index in [0.717, 1.165) is 11.3 Å². The Morgan fingerprint density at radius 2 is 2.10 bits per heavy atom. The van der Waals surface area contributed by atoms with Gasteiger partial charge >= 0.3 is 0 Å². The smallest absolute Gasteiger partial charge is 0.261 e. The number of piperazine rings is 1. The minimum atomic E-state index is -0.368. The molecule has 2 amide bonds. The van der Waals surface area contributed by atoms with Gasteiger partial charge in [-0.3, -0.25) is 19.0 Å². The van der Waals surface area contributed by atoms with Crippen LogP contribution in [0.2, 0.25) is 5.02 Å². The number of nitrogens with zero attached hydrogens (tertiary/aromatic N) is 3. The van der Waals surface area contributed by atoms with Crippen LogP contribution in [0.5, 0.6) is 0 Å². The first-order valence-electron chi connectivity index (χ1n) is 9.48. The Morgan fingerprint density at radius 3 is 2.87 bits per heavy atom. The van der Waals surface area contributed by atoms with Gasteiger partial charge in [0.25, 0.3) is 5.56 Å². The summed E-state index contributed by atoms with van der Waals surface area (Å²) >= 11 is 6.37. The number of halogens is 1. The number of fused-ring (bicyclic) bond motifs is 1. The van der Waals surface area contributed by atoms with E-state index < -0.39 is 0 Å². The average Bonchev–Trinajstić information content (AvgIpc) is 2.71. The number of aryl methyl sites for hydroxylation is 1. The zero-order valence-corrected chi connectivity index (χ0v) is 17.1. The molecule has 2 N–H and O–H groups in total. The van der Waals surface area contributed by atoms with Gasteiger partial charge in [-0.25, -0.2) is 4.98 Å². The summed E-state index contributed by atoms with van der Waals surface area (Å²) in [6, 6.07) is 10.5. The number of amides is 2. The van der Waals surface area contributed by atoms with Crippen molar-refractivity contribution in [1.29, 1.82) is 0 Å². The van der Waals surface area contributed by atoms with E-state index in [0.29, 0.717) is 34.7 Å². The molecule has 9 heteroatoms. The fourth-order valence-electron chi connectivity index (χ4n) is 3.49. The van der Waals surface area contributed by atoms with E-state index >= 15 is 0 Å². The number of anilines is 2. The van der Waals surface area contributed by atoms with E-state index in [2.05, 4.69) is 15.6 Å². The molecule has 1 fully saturated rings. The number of hydrogen-bond donors (Lipinski definition) is 2. The van der Waals surface area contributed by atoms with E-state index in [1.54, 1.807) is 30.3 Å². The second kappa shape index (κ2) is 8.16. The summed E-state index contributed by atoms with van der Waals surface area (Å²) in [4.78, 5) is 42.9. The molecule has 0 aliphatic carbocycles. The molecule has 2 heterocycles. The van der Waals surface area contributed by atoms with Gasteiger partial charge in [0.1, 0.15) is 6.54 Å². The molecule has 3 aromatic rings. The van der Waals surface area contributed by atoms with Crippen molar-refractivity contribution in [2.45, 2.75) is 13.5 Å². The summed E-state index contributed by atoms with van der Waals surface area (Å²) in [5, 5.41) is 6.42. The molecule has 30 heavy (non-hydrogen) atoms. The maximum atomic E-state index is 12.7. The third-order valence-corrected chi connectivity index (χ3v) is 5.28. The highest BCUT2D eigenvalue weighted by Crippen LogP contribution is 2.29. The summed E-state index contributed by atoms with van der Waals surface area (Å²) in [6.45, 7) is 3.18. The maximum absolute atomic E-state index is 12.7. The Bertz CT molecular complexity index is 1210. The van der Waals surface area contributed by atoms with Crippen LogP contribution in [0.15, 0.2) is 47.5 Å². The molecule has 2 aromatic carbocycles. The molecule has 154 valence electrons. The second-order valence-corrected chi connectivity index (χ2v) is 7.54. The van der Waals surface area contributed by atoms with E-state index in [-0.39, 0.29) is 30.5 Å². The van der Waals surface area contributed by atoms with Crippen molar-refractivity contribution in [3.05, 3.63) is 63.7 Å². The Balaban J connectivity index is 1.49. The van der Waals surface area contributed by atoms with E-state index in [1.165, 1.54) is 10.9 Å². The van der Waals surface area contributed by atoms with Crippen molar-refractivity contribution >= 4 is 45.7 Å². The fraction of sp³-hybridized carbons (Fsp3) is 0.238. The SMILES string of the molecule is Cc1cccc2c(=O)n(CC(=O)Nc3ccc(N4CCNC(=O)C4)c(Cl)c3)cnc12. The minimum Gasteiger partial charge on any atom is -0.359 e. The zero-order valence-electron chi connectivity index (χ0n) is 16.3. The number of rotatable bonds is 4. The minimum absolute atomic E-state index is 0.0562. The van der Waals surface area contributed by atoms with Crippen molar-refractivity contribution < 1.29 is 9.59 Å². The number of para-hydroxylation sites is 1. The normalized spacial score (nSPS) is 13.9. The highest BCUT2D eigenvalue weighted by molar-refractivity contribution is 6.33. The number of hydrogen-bond acceptors (Lipinski definition) is 5. The Morgan fingerprint density at radius 1 is 1.27 bits per heavy atom. The first-order chi connectivity index (χ1) is 14.4. The van der Waals surface area contributed by atoms with Gasteiger partial charge in [0, 0.05) is 18.8 Å². The first kappa shape index (κ1) is 19.9. The Kier molecular flexibility index (Phi) is 5.41. The van der Waals surface area contributed by atoms with Crippen LogP contribution >= 0.6 is 11.6 Å². The third kappa shape index (κ3) is 3.99. The van der Waals surface area contributed by atoms with Crippen LogP contribution < -0.4 is 21.1 Å². The summed E-state index contributed by atoms with van der Waals surface area (Å²) in [6.07, 6.45) is 1.38.